The molecule has 6 aromatic rings. The summed E-state index contributed by atoms with van der Waals surface area (Å²) in [5.74, 6) is 0.679. The Hall–Kier alpha value is -4.57. The van der Waals surface area contributed by atoms with Crippen molar-refractivity contribution in [2.75, 3.05) is 11.1 Å². The monoisotopic (exact) mass is 662 g/mol. The van der Waals surface area contributed by atoms with Crippen LogP contribution in [-0.4, -0.2) is 32.6 Å². The van der Waals surface area contributed by atoms with Crippen molar-refractivity contribution in [3.05, 3.63) is 132 Å². The summed E-state index contributed by atoms with van der Waals surface area (Å²) in [5, 5.41) is 5.61. The number of fused-ring (bicyclic) bond motifs is 2. The Labute approximate surface area is 279 Å². The van der Waals surface area contributed by atoms with E-state index in [9.17, 15) is 9.19 Å². The third-order valence-corrected chi connectivity index (χ3v) is 14.4. The molecule has 0 saturated carbocycles. The minimum atomic E-state index is -3.23. The van der Waals surface area contributed by atoms with Gasteiger partial charge in [0.25, 0.3) is 8.32 Å². The Morgan fingerprint density at radius 1 is 0.936 bits per heavy atom. The van der Waals surface area contributed by atoms with Gasteiger partial charge in [-0.15, -0.1) is 0 Å². The Kier molecular flexibility index (Phi) is 8.07. The van der Waals surface area contributed by atoms with Gasteiger partial charge < -0.3 is 15.8 Å². The van der Waals surface area contributed by atoms with Gasteiger partial charge in [-0.2, -0.15) is 4.98 Å². The topological polar surface area (TPSA) is 102 Å². The van der Waals surface area contributed by atoms with E-state index in [1.165, 1.54) is 6.07 Å². The maximum Gasteiger partial charge on any atom is 0.258 e. The van der Waals surface area contributed by atoms with Crippen molar-refractivity contribution in [3.63, 3.8) is 0 Å². The van der Waals surface area contributed by atoms with Gasteiger partial charge >= 0.3 is 0 Å². The first-order chi connectivity index (χ1) is 22.6. The highest BCUT2D eigenvalue weighted by Gasteiger charge is 2.51. The molecule has 0 spiro atoms. The molecule has 2 aromatic heterocycles. The minimum Gasteiger partial charge on any atom is -0.424 e. The quantitative estimate of drug-likeness (QED) is 0.150. The van der Waals surface area contributed by atoms with E-state index in [0.29, 0.717) is 22.5 Å². The van der Waals surface area contributed by atoms with Gasteiger partial charge in [-0.1, -0.05) is 92.2 Å². The number of benzene rings is 4. The second-order valence-electron chi connectivity index (χ2n) is 13.0. The van der Waals surface area contributed by atoms with E-state index in [0.717, 1.165) is 51.8 Å². The van der Waals surface area contributed by atoms with Gasteiger partial charge in [-0.05, 0) is 82.1 Å². The normalized spacial score (nSPS) is 16.6. The molecular weight excluding hydrogens is 627 g/mol. The number of nitrogens with two attached hydrogens (primary N) is 1. The van der Waals surface area contributed by atoms with Crippen LogP contribution in [0.1, 0.15) is 56.2 Å². The summed E-state index contributed by atoms with van der Waals surface area (Å²) in [6.07, 6.45) is 5.54. The van der Waals surface area contributed by atoms with Gasteiger partial charge in [0.2, 0.25) is 5.95 Å². The largest absolute Gasteiger partial charge is 0.424 e. The fraction of sp³-hybridized carbons (Fsp3) is 0.216. The summed E-state index contributed by atoms with van der Waals surface area (Å²) in [7, 11) is -3.23. The van der Waals surface area contributed by atoms with E-state index < -0.39 is 13.4 Å². The first-order valence-corrected chi connectivity index (χ1v) is 18.1. The van der Waals surface area contributed by atoms with E-state index in [1.807, 2.05) is 78.9 Å². The molecule has 238 valence electrons. The standard InChI is InChI=1S/C37H36ClFN6OSi/c1-37(2,47(46,27-9-5-3-6-10-27)28-11-7-4-8-12-28)21-24-13-17-32(30-20-26(39)15-16-29(24)30)43-35-31(40)22-41-36(44-35)45-23-42-33-18-14-25(38)19-34(33)45/h3-12,14-16,18-20,22-24,32,46H,13,17,21,40H2,1-2H3,(H,41,43,44)/t24-,32+/m0/s1. The summed E-state index contributed by atoms with van der Waals surface area (Å²) in [4.78, 5) is 26.5. The number of nitrogens with one attached hydrogen (secondary N) is 1. The second kappa shape index (κ2) is 12.2. The van der Waals surface area contributed by atoms with Crippen molar-refractivity contribution in [3.8, 4) is 5.95 Å². The Morgan fingerprint density at radius 3 is 2.34 bits per heavy atom. The lowest BCUT2D eigenvalue weighted by molar-refractivity contribution is 0.398. The van der Waals surface area contributed by atoms with Crippen LogP contribution < -0.4 is 21.4 Å². The summed E-state index contributed by atoms with van der Waals surface area (Å²) >= 11 is 6.26. The number of hydrogen-bond donors (Lipinski definition) is 3. The molecule has 0 amide bonds. The van der Waals surface area contributed by atoms with Gasteiger partial charge in [-0.25, -0.2) is 14.4 Å². The number of anilines is 2. The van der Waals surface area contributed by atoms with E-state index in [2.05, 4.69) is 29.1 Å². The summed E-state index contributed by atoms with van der Waals surface area (Å²) in [6, 6.07) is 30.4. The molecule has 7 rings (SSSR count). The predicted octanol–water partition coefficient (Wildman–Crippen LogP) is 7.14. The van der Waals surface area contributed by atoms with Gasteiger partial charge in [0.1, 0.15) is 12.1 Å². The molecule has 0 saturated heterocycles. The van der Waals surface area contributed by atoms with Crippen molar-refractivity contribution in [2.24, 2.45) is 0 Å². The third-order valence-electron chi connectivity index (χ3n) is 9.63. The molecular formula is C37H36ClFN6OSi. The Morgan fingerprint density at radius 2 is 1.64 bits per heavy atom. The highest BCUT2D eigenvalue weighted by molar-refractivity contribution is 6.98. The molecule has 10 heteroatoms. The highest BCUT2D eigenvalue weighted by atomic mass is 35.5. The van der Waals surface area contributed by atoms with Crippen LogP contribution in [0.3, 0.4) is 0 Å². The highest BCUT2D eigenvalue weighted by Crippen LogP contribution is 2.50. The third kappa shape index (κ3) is 5.69. The van der Waals surface area contributed by atoms with Crippen LogP contribution in [-0.2, 0) is 0 Å². The van der Waals surface area contributed by atoms with Crippen molar-refractivity contribution >= 4 is 52.8 Å². The number of imidazole rings is 1. The SMILES string of the molecule is CC(C)(C[C@@H]1CC[C@@H](Nc2nc(-n3cnc4ccc(Cl)cc43)ncc2N)c2cc(F)ccc21)[Si](O)(c1ccccc1)c1ccccc1. The van der Waals surface area contributed by atoms with Gasteiger partial charge in [0, 0.05) is 5.02 Å². The van der Waals surface area contributed by atoms with Crippen LogP contribution in [0.5, 0.6) is 0 Å². The molecule has 0 bridgehead atoms. The summed E-state index contributed by atoms with van der Waals surface area (Å²) in [6.45, 7) is 4.37. The number of nitrogens with zero attached hydrogens (tertiary/aromatic N) is 4. The molecule has 1 aliphatic rings. The maximum atomic E-state index is 14.9. The first-order valence-electron chi connectivity index (χ1n) is 15.8. The molecule has 0 aliphatic heterocycles. The van der Waals surface area contributed by atoms with Crippen molar-refractivity contribution in [2.45, 2.75) is 50.1 Å². The van der Waals surface area contributed by atoms with Crippen molar-refractivity contribution < 1.29 is 9.19 Å². The summed E-state index contributed by atoms with van der Waals surface area (Å²) in [5.41, 5.74) is 10.3. The van der Waals surface area contributed by atoms with Crippen LogP contribution in [0.4, 0.5) is 15.9 Å². The molecule has 4 aromatic carbocycles. The van der Waals surface area contributed by atoms with E-state index in [-0.39, 0.29) is 17.8 Å². The van der Waals surface area contributed by atoms with Gasteiger partial charge in [-0.3, -0.25) is 4.57 Å². The Bertz CT molecular complexity index is 2020. The summed E-state index contributed by atoms with van der Waals surface area (Å²) < 4.78 is 16.6. The van der Waals surface area contributed by atoms with E-state index in [4.69, 9.17) is 22.3 Å². The molecule has 4 N–H and O–H groups in total. The molecule has 0 unspecified atom stereocenters. The molecule has 2 atom stereocenters. The fourth-order valence-electron chi connectivity index (χ4n) is 7.25. The minimum absolute atomic E-state index is 0.116. The molecule has 0 fully saturated rings. The van der Waals surface area contributed by atoms with Gasteiger partial charge in [0.15, 0.2) is 5.82 Å². The average Bonchev–Trinajstić information content (AvgIpc) is 3.50. The van der Waals surface area contributed by atoms with Crippen LogP contribution in [0.15, 0.2) is 110 Å². The molecule has 0 radical (unpaired) electrons. The average molecular weight is 663 g/mol. The number of halogens is 2. The molecule has 7 nitrogen and oxygen atoms in total. The smallest absolute Gasteiger partial charge is 0.258 e. The van der Waals surface area contributed by atoms with Crippen LogP contribution in [0.2, 0.25) is 10.1 Å². The zero-order chi connectivity index (χ0) is 32.8. The zero-order valence-corrected chi connectivity index (χ0v) is 28.0. The van der Waals surface area contributed by atoms with Crippen molar-refractivity contribution in [1.82, 2.24) is 19.5 Å². The number of rotatable bonds is 8. The zero-order valence-electron chi connectivity index (χ0n) is 26.2. The first kappa shape index (κ1) is 31.0. The van der Waals surface area contributed by atoms with E-state index >= 15 is 0 Å². The van der Waals surface area contributed by atoms with Crippen LogP contribution in [0, 0.1) is 5.82 Å². The maximum absolute atomic E-state index is 14.9. The second-order valence-corrected chi connectivity index (χ2v) is 17.4. The molecule has 1 aliphatic carbocycles. The lowest BCUT2D eigenvalue weighted by Gasteiger charge is -2.44. The predicted molar refractivity (Wildman–Crippen MR) is 190 cm³/mol. The molecule has 2 heterocycles. The van der Waals surface area contributed by atoms with Crippen molar-refractivity contribution in [1.29, 1.82) is 0 Å². The van der Waals surface area contributed by atoms with Crippen LogP contribution in [0.25, 0.3) is 17.0 Å². The fourth-order valence-corrected chi connectivity index (χ4v) is 11.2. The van der Waals surface area contributed by atoms with Crippen LogP contribution >= 0.6 is 11.6 Å². The number of hydrogen-bond acceptors (Lipinski definition) is 6. The lowest BCUT2D eigenvalue weighted by atomic mass is 9.76. The number of aromatic nitrogens is 4. The number of nitrogen functional groups attached to an aromatic ring is 1. The Balaban J connectivity index is 1.21. The molecule has 47 heavy (non-hydrogen) atoms. The lowest BCUT2D eigenvalue weighted by Crippen LogP contribution is -2.65. The van der Waals surface area contributed by atoms with E-state index in [1.54, 1.807) is 29.2 Å². The van der Waals surface area contributed by atoms with Gasteiger partial charge in [0.05, 0.1) is 29.0 Å².